The molecule has 12 heteroatoms. The van der Waals surface area contributed by atoms with Crippen LogP contribution in [0.15, 0.2) is 67.1 Å². The lowest BCUT2D eigenvalue weighted by Gasteiger charge is -2.25. The molecule has 3 aromatic rings. The lowest BCUT2D eigenvalue weighted by molar-refractivity contribution is -0.142. The monoisotopic (exact) mass is 522 g/mol. The maximum absolute atomic E-state index is 13.3. The zero-order chi connectivity index (χ0) is 27.5. The Labute approximate surface area is 218 Å². The molecule has 2 aromatic carbocycles. The molecule has 3 amide bonds. The predicted octanol–water partition coefficient (Wildman–Crippen LogP) is -0.359. The van der Waals surface area contributed by atoms with Crippen molar-refractivity contribution in [3.8, 4) is 5.75 Å². The lowest BCUT2D eigenvalue weighted by Crippen LogP contribution is -2.57. The molecule has 0 aliphatic carbocycles. The largest absolute Gasteiger partial charge is 0.508 e. The lowest BCUT2D eigenvalue weighted by atomic mass is 10.0. The highest BCUT2D eigenvalue weighted by molar-refractivity contribution is 5.94. The van der Waals surface area contributed by atoms with Crippen LogP contribution in [-0.4, -0.2) is 68.5 Å². The molecular formula is C26H30N6O6. The van der Waals surface area contributed by atoms with E-state index in [2.05, 4.69) is 25.9 Å². The van der Waals surface area contributed by atoms with Crippen LogP contribution < -0.4 is 21.7 Å². The van der Waals surface area contributed by atoms with E-state index in [1.807, 2.05) is 6.07 Å². The minimum Gasteiger partial charge on any atom is -0.508 e. The van der Waals surface area contributed by atoms with E-state index in [4.69, 9.17) is 5.73 Å². The van der Waals surface area contributed by atoms with Gasteiger partial charge in [0.1, 0.15) is 23.9 Å². The number of rotatable bonds is 13. The molecule has 8 N–H and O–H groups in total. The van der Waals surface area contributed by atoms with Gasteiger partial charge in [-0.1, -0.05) is 42.5 Å². The molecule has 0 saturated heterocycles. The van der Waals surface area contributed by atoms with Crippen molar-refractivity contribution in [2.24, 2.45) is 5.73 Å². The number of hydrogen-bond donors (Lipinski definition) is 7. The number of benzene rings is 2. The van der Waals surface area contributed by atoms with E-state index in [9.17, 15) is 29.4 Å². The molecule has 12 nitrogen and oxygen atoms in total. The Balaban J connectivity index is 1.82. The second-order valence-corrected chi connectivity index (χ2v) is 8.63. The van der Waals surface area contributed by atoms with Crippen LogP contribution in [0.3, 0.4) is 0 Å². The van der Waals surface area contributed by atoms with E-state index >= 15 is 0 Å². The van der Waals surface area contributed by atoms with Gasteiger partial charge < -0.3 is 36.9 Å². The summed E-state index contributed by atoms with van der Waals surface area (Å²) in [4.78, 5) is 57.1. The highest BCUT2D eigenvalue weighted by Gasteiger charge is 2.30. The number of carbonyl (C=O) groups excluding carboxylic acids is 3. The molecule has 200 valence electrons. The average Bonchev–Trinajstić information content (AvgIpc) is 3.42. The number of carboxylic acids is 1. The summed E-state index contributed by atoms with van der Waals surface area (Å²) in [5.74, 6) is -3.17. The second kappa shape index (κ2) is 13.6. The third-order valence-corrected chi connectivity index (χ3v) is 5.72. The second-order valence-electron chi connectivity index (χ2n) is 8.63. The highest BCUT2D eigenvalue weighted by atomic mass is 16.4. The SMILES string of the molecule is NCC(=O)NC(Cc1ccccc1)C(=O)NC(Cc1ccc(O)cc1)C(=O)NC(Cc1cnc[nH]1)C(=O)O. The fourth-order valence-electron chi connectivity index (χ4n) is 3.75. The summed E-state index contributed by atoms with van der Waals surface area (Å²) >= 11 is 0. The average molecular weight is 523 g/mol. The van der Waals surface area contributed by atoms with Crippen LogP contribution in [0.5, 0.6) is 5.75 Å². The van der Waals surface area contributed by atoms with Crippen LogP contribution in [0.25, 0.3) is 0 Å². The van der Waals surface area contributed by atoms with Gasteiger partial charge in [-0.25, -0.2) is 9.78 Å². The predicted molar refractivity (Wildman–Crippen MR) is 137 cm³/mol. The number of aromatic amines is 1. The molecule has 1 heterocycles. The van der Waals surface area contributed by atoms with Gasteiger partial charge in [0.05, 0.1) is 12.9 Å². The van der Waals surface area contributed by atoms with E-state index in [0.717, 1.165) is 5.56 Å². The number of carboxylic acid groups (broad SMARTS) is 1. The van der Waals surface area contributed by atoms with Gasteiger partial charge in [0.15, 0.2) is 0 Å². The summed E-state index contributed by atoms with van der Waals surface area (Å²) in [6, 6.07) is 11.5. The Hall–Kier alpha value is -4.71. The standard InChI is InChI=1S/C26H30N6O6/c27-13-23(34)30-20(10-16-4-2-1-3-5-16)24(35)31-21(11-17-6-8-19(33)9-7-17)25(36)32-22(26(37)38)12-18-14-28-15-29-18/h1-9,14-15,20-22,33H,10-13,27H2,(H,28,29)(H,30,34)(H,31,35)(H,32,36)(H,37,38). The molecule has 0 aliphatic heterocycles. The zero-order valence-corrected chi connectivity index (χ0v) is 20.5. The summed E-state index contributed by atoms with van der Waals surface area (Å²) in [5, 5.41) is 27.0. The normalized spacial score (nSPS) is 13.1. The number of phenolic OH excluding ortho intramolecular Hbond substituents is 1. The van der Waals surface area contributed by atoms with Crippen LogP contribution in [-0.2, 0) is 38.4 Å². The summed E-state index contributed by atoms with van der Waals surface area (Å²) in [5.41, 5.74) is 7.31. The molecule has 3 rings (SSSR count). The van der Waals surface area contributed by atoms with E-state index < -0.39 is 41.8 Å². The van der Waals surface area contributed by atoms with Gasteiger partial charge >= 0.3 is 5.97 Å². The van der Waals surface area contributed by atoms with Crippen molar-refractivity contribution in [2.75, 3.05) is 6.54 Å². The number of hydrogen-bond acceptors (Lipinski definition) is 7. The van der Waals surface area contributed by atoms with Gasteiger partial charge in [0.2, 0.25) is 17.7 Å². The van der Waals surface area contributed by atoms with Crippen molar-refractivity contribution in [1.82, 2.24) is 25.9 Å². The van der Waals surface area contributed by atoms with Gasteiger partial charge in [-0.2, -0.15) is 0 Å². The maximum atomic E-state index is 13.3. The van der Waals surface area contributed by atoms with E-state index in [1.54, 1.807) is 36.4 Å². The van der Waals surface area contributed by atoms with Gasteiger partial charge in [-0.15, -0.1) is 0 Å². The molecule has 3 atom stereocenters. The molecular weight excluding hydrogens is 492 g/mol. The van der Waals surface area contributed by atoms with E-state index in [-0.39, 0.29) is 31.6 Å². The number of carbonyl (C=O) groups is 4. The molecule has 3 unspecified atom stereocenters. The molecule has 0 bridgehead atoms. The number of nitrogens with zero attached hydrogens (tertiary/aromatic N) is 1. The number of amides is 3. The molecule has 0 spiro atoms. The maximum Gasteiger partial charge on any atom is 0.326 e. The Morgan fingerprint density at radius 2 is 1.39 bits per heavy atom. The van der Waals surface area contributed by atoms with Crippen molar-refractivity contribution in [3.63, 3.8) is 0 Å². The Morgan fingerprint density at radius 3 is 1.95 bits per heavy atom. The first-order valence-corrected chi connectivity index (χ1v) is 11.9. The molecule has 0 saturated carbocycles. The third kappa shape index (κ3) is 8.45. The molecule has 0 fully saturated rings. The third-order valence-electron chi connectivity index (χ3n) is 5.72. The molecule has 0 aliphatic rings. The quantitative estimate of drug-likeness (QED) is 0.158. The summed E-state index contributed by atoms with van der Waals surface area (Å²) < 4.78 is 0. The first-order valence-electron chi connectivity index (χ1n) is 11.9. The van der Waals surface area contributed by atoms with Crippen molar-refractivity contribution in [2.45, 2.75) is 37.4 Å². The Kier molecular flexibility index (Phi) is 9.94. The summed E-state index contributed by atoms with van der Waals surface area (Å²) in [7, 11) is 0. The van der Waals surface area contributed by atoms with Gasteiger partial charge in [-0.05, 0) is 23.3 Å². The van der Waals surface area contributed by atoms with Crippen molar-refractivity contribution < 1.29 is 29.4 Å². The van der Waals surface area contributed by atoms with Crippen molar-refractivity contribution in [3.05, 3.63) is 83.9 Å². The minimum absolute atomic E-state index is 0.00284. The van der Waals surface area contributed by atoms with E-state index in [1.165, 1.54) is 24.7 Å². The molecule has 0 radical (unpaired) electrons. The number of nitrogens with one attached hydrogen (secondary N) is 4. The number of aromatic nitrogens is 2. The fraction of sp³-hybridized carbons (Fsp3) is 0.269. The number of phenols is 1. The number of nitrogens with two attached hydrogens (primary N) is 1. The van der Waals surface area contributed by atoms with Gasteiger partial charge in [0.25, 0.3) is 0 Å². The molecule has 1 aromatic heterocycles. The molecule has 38 heavy (non-hydrogen) atoms. The smallest absolute Gasteiger partial charge is 0.326 e. The van der Waals surface area contributed by atoms with Crippen LogP contribution in [0, 0.1) is 0 Å². The number of imidazole rings is 1. The number of H-pyrrole nitrogens is 1. The van der Waals surface area contributed by atoms with Crippen LogP contribution in [0.4, 0.5) is 0 Å². The van der Waals surface area contributed by atoms with E-state index in [0.29, 0.717) is 11.3 Å². The fourth-order valence-corrected chi connectivity index (χ4v) is 3.75. The zero-order valence-electron chi connectivity index (χ0n) is 20.5. The number of aromatic hydroxyl groups is 1. The van der Waals surface area contributed by atoms with Gasteiger partial charge in [-0.3, -0.25) is 14.4 Å². The van der Waals surface area contributed by atoms with Crippen LogP contribution in [0.2, 0.25) is 0 Å². The van der Waals surface area contributed by atoms with Crippen LogP contribution in [0.1, 0.15) is 16.8 Å². The van der Waals surface area contributed by atoms with Crippen LogP contribution >= 0.6 is 0 Å². The summed E-state index contributed by atoms with van der Waals surface area (Å²) in [6.07, 6.45) is 2.93. The Morgan fingerprint density at radius 1 is 0.816 bits per heavy atom. The topological polar surface area (TPSA) is 200 Å². The summed E-state index contributed by atoms with van der Waals surface area (Å²) in [6.45, 7) is -0.329. The minimum atomic E-state index is -1.29. The first kappa shape index (κ1) is 27.9. The van der Waals surface area contributed by atoms with Crippen molar-refractivity contribution >= 4 is 23.7 Å². The first-order chi connectivity index (χ1) is 18.2. The Bertz CT molecular complexity index is 1220. The van der Waals surface area contributed by atoms with Gasteiger partial charge in [0, 0.05) is 31.2 Å². The number of aliphatic carboxylic acids is 1. The highest BCUT2D eigenvalue weighted by Crippen LogP contribution is 2.12. The van der Waals surface area contributed by atoms with Crippen molar-refractivity contribution in [1.29, 1.82) is 0 Å².